The van der Waals surface area contributed by atoms with Gasteiger partial charge in [-0.1, -0.05) is 6.07 Å². The minimum atomic E-state index is 0.247. The number of nitrogens with two attached hydrogens (primary N) is 1. The van der Waals surface area contributed by atoms with Gasteiger partial charge in [-0.25, -0.2) is 4.52 Å². The first-order chi connectivity index (χ1) is 8.24. The van der Waals surface area contributed by atoms with Gasteiger partial charge in [-0.3, -0.25) is 0 Å². The Balaban J connectivity index is 1.97. The van der Waals surface area contributed by atoms with E-state index in [1.807, 2.05) is 29.6 Å². The van der Waals surface area contributed by atoms with Gasteiger partial charge in [-0.2, -0.15) is 4.98 Å². The molecule has 5 nitrogen and oxygen atoms in total. The average Bonchev–Trinajstić information content (AvgIpc) is 2.74. The SMILES string of the molecule is Cc1cccc2nc(N3CCCC(N)C3)nn12. The van der Waals surface area contributed by atoms with Gasteiger partial charge in [0.05, 0.1) is 0 Å². The van der Waals surface area contributed by atoms with E-state index in [4.69, 9.17) is 5.73 Å². The number of aromatic nitrogens is 3. The molecule has 0 radical (unpaired) electrons. The number of nitrogens with zero attached hydrogens (tertiary/aromatic N) is 4. The molecular weight excluding hydrogens is 214 g/mol. The molecule has 0 saturated carbocycles. The van der Waals surface area contributed by atoms with Crippen LogP contribution in [-0.4, -0.2) is 33.7 Å². The number of hydrogen-bond donors (Lipinski definition) is 1. The van der Waals surface area contributed by atoms with Crippen molar-refractivity contribution in [1.29, 1.82) is 0 Å². The second-order valence-corrected chi connectivity index (χ2v) is 4.70. The van der Waals surface area contributed by atoms with Gasteiger partial charge in [0.25, 0.3) is 0 Å². The molecule has 90 valence electrons. The maximum Gasteiger partial charge on any atom is 0.245 e. The fourth-order valence-corrected chi connectivity index (χ4v) is 2.35. The zero-order valence-corrected chi connectivity index (χ0v) is 10.0. The summed E-state index contributed by atoms with van der Waals surface area (Å²) in [5.74, 6) is 0.800. The largest absolute Gasteiger partial charge is 0.338 e. The first-order valence-electron chi connectivity index (χ1n) is 6.07. The van der Waals surface area contributed by atoms with Gasteiger partial charge < -0.3 is 10.6 Å². The van der Waals surface area contributed by atoms with Crippen LogP contribution in [0.3, 0.4) is 0 Å². The van der Waals surface area contributed by atoms with E-state index < -0.39 is 0 Å². The smallest absolute Gasteiger partial charge is 0.245 e. The van der Waals surface area contributed by atoms with Crippen molar-refractivity contribution in [3.8, 4) is 0 Å². The van der Waals surface area contributed by atoms with Crippen LogP contribution >= 0.6 is 0 Å². The van der Waals surface area contributed by atoms with E-state index in [0.29, 0.717) is 0 Å². The van der Waals surface area contributed by atoms with E-state index in [2.05, 4.69) is 15.0 Å². The number of pyridine rings is 1. The summed E-state index contributed by atoms with van der Waals surface area (Å²) in [4.78, 5) is 6.74. The van der Waals surface area contributed by atoms with Crippen molar-refractivity contribution >= 4 is 11.6 Å². The highest BCUT2D eigenvalue weighted by atomic mass is 15.4. The van der Waals surface area contributed by atoms with Gasteiger partial charge in [0.2, 0.25) is 5.95 Å². The minimum absolute atomic E-state index is 0.247. The van der Waals surface area contributed by atoms with Crippen LogP contribution in [0.1, 0.15) is 18.5 Å². The van der Waals surface area contributed by atoms with Crippen LogP contribution in [0.5, 0.6) is 0 Å². The van der Waals surface area contributed by atoms with Gasteiger partial charge in [-0.05, 0) is 31.9 Å². The summed E-state index contributed by atoms with van der Waals surface area (Å²) in [5, 5.41) is 4.55. The predicted octanol–water partition coefficient (Wildman–Crippen LogP) is 0.965. The molecule has 0 aliphatic carbocycles. The first-order valence-corrected chi connectivity index (χ1v) is 6.07. The number of anilines is 1. The quantitative estimate of drug-likeness (QED) is 0.794. The molecule has 2 aromatic rings. The van der Waals surface area contributed by atoms with E-state index in [1.165, 1.54) is 0 Å². The van der Waals surface area contributed by atoms with E-state index in [1.54, 1.807) is 0 Å². The Kier molecular flexibility index (Phi) is 2.48. The Bertz CT molecular complexity index is 533. The predicted molar refractivity (Wildman–Crippen MR) is 67.1 cm³/mol. The van der Waals surface area contributed by atoms with Gasteiger partial charge in [0, 0.05) is 24.8 Å². The maximum atomic E-state index is 5.98. The average molecular weight is 231 g/mol. The second kappa shape index (κ2) is 4.00. The first kappa shape index (κ1) is 10.5. The van der Waals surface area contributed by atoms with E-state index >= 15 is 0 Å². The van der Waals surface area contributed by atoms with Crippen molar-refractivity contribution in [2.24, 2.45) is 5.73 Å². The third-order valence-corrected chi connectivity index (χ3v) is 3.28. The van der Waals surface area contributed by atoms with Crippen molar-refractivity contribution in [2.45, 2.75) is 25.8 Å². The summed E-state index contributed by atoms with van der Waals surface area (Å²) >= 11 is 0. The van der Waals surface area contributed by atoms with Gasteiger partial charge in [0.15, 0.2) is 5.65 Å². The molecule has 1 unspecified atom stereocenters. The van der Waals surface area contributed by atoms with Crippen LogP contribution in [0.15, 0.2) is 18.2 Å². The van der Waals surface area contributed by atoms with Crippen molar-refractivity contribution in [3.63, 3.8) is 0 Å². The number of rotatable bonds is 1. The maximum absolute atomic E-state index is 5.98. The molecule has 1 aliphatic heterocycles. The van der Waals surface area contributed by atoms with Crippen LogP contribution in [-0.2, 0) is 0 Å². The number of piperidine rings is 1. The molecule has 1 atom stereocenters. The lowest BCUT2D eigenvalue weighted by molar-refractivity contribution is 0.500. The molecule has 2 aromatic heterocycles. The second-order valence-electron chi connectivity index (χ2n) is 4.70. The molecule has 17 heavy (non-hydrogen) atoms. The number of fused-ring (bicyclic) bond motifs is 1. The van der Waals surface area contributed by atoms with Crippen molar-refractivity contribution in [2.75, 3.05) is 18.0 Å². The monoisotopic (exact) mass is 231 g/mol. The fourth-order valence-electron chi connectivity index (χ4n) is 2.35. The minimum Gasteiger partial charge on any atom is -0.338 e. The van der Waals surface area contributed by atoms with Gasteiger partial charge >= 0.3 is 0 Å². The zero-order valence-electron chi connectivity index (χ0n) is 10.0. The molecule has 0 amide bonds. The Morgan fingerprint density at radius 3 is 3.06 bits per heavy atom. The van der Waals surface area contributed by atoms with Crippen LogP contribution in [0.25, 0.3) is 5.65 Å². The number of aryl methyl sites for hydroxylation is 1. The summed E-state index contributed by atoms with van der Waals surface area (Å²) in [6.45, 7) is 3.90. The van der Waals surface area contributed by atoms with Gasteiger partial charge in [0.1, 0.15) is 0 Å². The topological polar surface area (TPSA) is 59.5 Å². The summed E-state index contributed by atoms with van der Waals surface area (Å²) in [5.41, 5.74) is 7.98. The van der Waals surface area contributed by atoms with E-state index in [9.17, 15) is 0 Å². The normalized spacial score (nSPS) is 21.1. The highest BCUT2D eigenvalue weighted by Crippen LogP contribution is 2.17. The summed E-state index contributed by atoms with van der Waals surface area (Å²) in [7, 11) is 0. The standard InChI is InChI=1S/C12H17N5/c1-9-4-2-6-11-14-12(15-17(9)11)16-7-3-5-10(13)8-16/h2,4,6,10H,3,5,7-8,13H2,1H3. The fraction of sp³-hybridized carbons (Fsp3) is 0.500. The highest BCUT2D eigenvalue weighted by molar-refractivity contribution is 5.46. The lowest BCUT2D eigenvalue weighted by atomic mass is 10.1. The molecule has 1 fully saturated rings. The molecule has 3 heterocycles. The van der Waals surface area contributed by atoms with E-state index in [-0.39, 0.29) is 6.04 Å². The molecule has 5 heteroatoms. The van der Waals surface area contributed by atoms with Crippen LogP contribution in [0, 0.1) is 6.92 Å². The molecule has 3 rings (SSSR count). The molecule has 0 aromatic carbocycles. The van der Waals surface area contributed by atoms with Crippen LogP contribution < -0.4 is 10.6 Å². The molecule has 0 spiro atoms. The Morgan fingerprint density at radius 2 is 2.29 bits per heavy atom. The molecule has 2 N–H and O–H groups in total. The summed E-state index contributed by atoms with van der Waals surface area (Å²) in [6, 6.07) is 6.27. The van der Waals surface area contributed by atoms with Crippen molar-refractivity contribution < 1.29 is 0 Å². The summed E-state index contributed by atoms with van der Waals surface area (Å²) in [6.07, 6.45) is 2.22. The Morgan fingerprint density at radius 1 is 1.41 bits per heavy atom. The van der Waals surface area contributed by atoms with Crippen molar-refractivity contribution in [3.05, 3.63) is 23.9 Å². The van der Waals surface area contributed by atoms with Gasteiger partial charge in [-0.15, -0.1) is 5.10 Å². The molecule has 0 bridgehead atoms. The molecular formula is C12H17N5. The zero-order chi connectivity index (χ0) is 11.8. The third-order valence-electron chi connectivity index (χ3n) is 3.28. The van der Waals surface area contributed by atoms with Crippen molar-refractivity contribution in [1.82, 2.24) is 14.6 Å². The highest BCUT2D eigenvalue weighted by Gasteiger charge is 2.20. The van der Waals surface area contributed by atoms with Crippen LogP contribution in [0.2, 0.25) is 0 Å². The lowest BCUT2D eigenvalue weighted by Gasteiger charge is -2.29. The van der Waals surface area contributed by atoms with Crippen LogP contribution in [0.4, 0.5) is 5.95 Å². The van der Waals surface area contributed by atoms with E-state index in [0.717, 1.165) is 43.2 Å². The Labute approximate surface area is 100 Å². The third kappa shape index (κ3) is 1.86. The molecule has 1 aliphatic rings. The number of hydrogen-bond acceptors (Lipinski definition) is 4. The summed E-state index contributed by atoms with van der Waals surface area (Å²) < 4.78 is 1.88. The Hall–Kier alpha value is -1.62. The molecule has 1 saturated heterocycles. The lowest BCUT2D eigenvalue weighted by Crippen LogP contribution is -2.43.